The van der Waals surface area contributed by atoms with Crippen LogP contribution in [-0.2, 0) is 5.66 Å². The molecule has 1 aliphatic heterocycles. The quantitative estimate of drug-likeness (QED) is 0.623. The maximum atomic E-state index is 6.58. The van der Waals surface area contributed by atoms with Gasteiger partial charge in [0, 0.05) is 10.6 Å². The minimum Gasteiger partial charge on any atom is -0.457 e. The number of rotatable bonds is 4. The average molecular weight is 391 g/mol. The topological polar surface area (TPSA) is 85.7 Å². The Morgan fingerprint density at radius 1 is 0.893 bits per heavy atom. The van der Waals surface area contributed by atoms with Gasteiger partial charge in [-0.05, 0) is 48.0 Å². The molecule has 0 fully saturated rings. The number of benzene rings is 3. The van der Waals surface area contributed by atoms with E-state index in [4.69, 9.17) is 27.8 Å². The Balaban J connectivity index is 1.75. The standard InChI is InChI=1S/C22H19ClN4O/c23-16-12-10-15(11-13-16)22(25)14-19(26-21(24)27-22)18-8-4-5-9-20(18)28-17-6-2-1-3-7-17/h1-14H,25H2,(H3,24,26,27). The SMILES string of the molecule is NC1=NC(N)(c2ccc(Cl)cc2)C=C(c2ccccc2Oc2ccccc2)N1. The second-order valence-corrected chi connectivity index (χ2v) is 6.86. The van der Waals surface area contributed by atoms with Crippen molar-refractivity contribution in [2.24, 2.45) is 16.5 Å². The van der Waals surface area contributed by atoms with Crippen LogP contribution in [0.25, 0.3) is 5.70 Å². The van der Waals surface area contributed by atoms with Crippen LogP contribution in [0, 0.1) is 0 Å². The van der Waals surface area contributed by atoms with E-state index in [9.17, 15) is 0 Å². The van der Waals surface area contributed by atoms with E-state index in [0.29, 0.717) is 10.8 Å². The van der Waals surface area contributed by atoms with Crippen molar-refractivity contribution in [3.8, 4) is 11.5 Å². The highest BCUT2D eigenvalue weighted by Gasteiger charge is 2.30. The molecule has 0 aliphatic carbocycles. The summed E-state index contributed by atoms with van der Waals surface area (Å²) < 4.78 is 6.07. The lowest BCUT2D eigenvalue weighted by atomic mass is 9.96. The Morgan fingerprint density at radius 3 is 2.32 bits per heavy atom. The first-order valence-corrected chi connectivity index (χ1v) is 9.14. The first-order chi connectivity index (χ1) is 13.5. The van der Waals surface area contributed by atoms with Crippen molar-refractivity contribution in [3.05, 3.63) is 101 Å². The molecule has 5 N–H and O–H groups in total. The van der Waals surface area contributed by atoms with Crippen molar-refractivity contribution in [1.82, 2.24) is 5.32 Å². The van der Waals surface area contributed by atoms with Gasteiger partial charge in [-0.25, -0.2) is 4.99 Å². The van der Waals surface area contributed by atoms with Gasteiger partial charge < -0.3 is 15.8 Å². The number of nitrogens with two attached hydrogens (primary N) is 2. The first kappa shape index (κ1) is 18.1. The third kappa shape index (κ3) is 3.71. The molecule has 1 aliphatic rings. The van der Waals surface area contributed by atoms with Crippen LogP contribution in [0.3, 0.4) is 0 Å². The average Bonchev–Trinajstić information content (AvgIpc) is 2.69. The minimum atomic E-state index is -1.12. The lowest BCUT2D eigenvalue weighted by Crippen LogP contribution is -2.44. The smallest absolute Gasteiger partial charge is 0.195 e. The molecule has 0 amide bonds. The first-order valence-electron chi connectivity index (χ1n) is 8.76. The summed E-state index contributed by atoms with van der Waals surface area (Å²) in [5.41, 5.74) is 13.9. The molecule has 0 aromatic heterocycles. The summed E-state index contributed by atoms with van der Waals surface area (Å²) in [6.07, 6.45) is 1.83. The van der Waals surface area contributed by atoms with Gasteiger partial charge in [-0.15, -0.1) is 0 Å². The van der Waals surface area contributed by atoms with Crippen molar-refractivity contribution in [2.45, 2.75) is 5.66 Å². The number of hydrogen-bond acceptors (Lipinski definition) is 5. The number of guanidine groups is 1. The van der Waals surface area contributed by atoms with Gasteiger partial charge >= 0.3 is 0 Å². The van der Waals surface area contributed by atoms with Gasteiger partial charge in [0.1, 0.15) is 11.5 Å². The van der Waals surface area contributed by atoms with E-state index in [0.717, 1.165) is 22.6 Å². The van der Waals surface area contributed by atoms with Gasteiger partial charge in [-0.2, -0.15) is 0 Å². The van der Waals surface area contributed by atoms with Crippen LogP contribution in [0.5, 0.6) is 11.5 Å². The van der Waals surface area contributed by atoms with Crippen molar-refractivity contribution < 1.29 is 4.74 Å². The van der Waals surface area contributed by atoms with Gasteiger partial charge in [0.2, 0.25) is 0 Å². The molecule has 1 heterocycles. The second-order valence-electron chi connectivity index (χ2n) is 6.42. The Kier molecular flexibility index (Phi) is 4.77. The molecule has 1 unspecified atom stereocenters. The van der Waals surface area contributed by atoms with Gasteiger partial charge in [0.25, 0.3) is 0 Å². The molecule has 140 valence electrons. The van der Waals surface area contributed by atoms with E-state index in [1.807, 2.05) is 72.8 Å². The molecule has 0 saturated heterocycles. The van der Waals surface area contributed by atoms with Crippen LogP contribution >= 0.6 is 11.6 Å². The minimum absolute atomic E-state index is 0.226. The van der Waals surface area contributed by atoms with Crippen LogP contribution < -0.4 is 21.5 Å². The fourth-order valence-electron chi connectivity index (χ4n) is 3.06. The van der Waals surface area contributed by atoms with E-state index in [1.54, 1.807) is 12.1 Å². The molecule has 6 heteroatoms. The van der Waals surface area contributed by atoms with Crippen LogP contribution in [-0.4, -0.2) is 5.96 Å². The molecule has 3 aromatic carbocycles. The normalized spacial score (nSPS) is 18.6. The molecule has 0 bridgehead atoms. The molecular weight excluding hydrogens is 372 g/mol. The third-order valence-corrected chi connectivity index (χ3v) is 4.64. The van der Waals surface area contributed by atoms with Crippen LogP contribution in [0.1, 0.15) is 11.1 Å². The number of aliphatic imine (C=N–C) groups is 1. The summed E-state index contributed by atoms with van der Waals surface area (Å²) in [6, 6.07) is 24.5. The molecular formula is C22H19ClN4O. The third-order valence-electron chi connectivity index (χ3n) is 4.39. The molecule has 0 saturated carbocycles. The zero-order valence-electron chi connectivity index (χ0n) is 15.0. The number of nitrogens with zero attached hydrogens (tertiary/aromatic N) is 1. The number of ether oxygens (including phenoxy) is 1. The van der Waals surface area contributed by atoms with Crippen molar-refractivity contribution >= 4 is 23.3 Å². The fraction of sp³-hybridized carbons (Fsp3) is 0.0455. The van der Waals surface area contributed by atoms with Crippen LogP contribution in [0.4, 0.5) is 0 Å². The van der Waals surface area contributed by atoms with Crippen LogP contribution in [0.2, 0.25) is 5.02 Å². The van der Waals surface area contributed by atoms with Gasteiger partial charge in [0.05, 0.1) is 5.70 Å². The highest BCUT2D eigenvalue weighted by Crippen LogP contribution is 2.34. The molecule has 3 aromatic rings. The fourth-order valence-corrected chi connectivity index (χ4v) is 3.18. The number of hydrogen-bond donors (Lipinski definition) is 3. The predicted octanol–water partition coefficient (Wildman–Crippen LogP) is 4.20. The Morgan fingerprint density at radius 2 is 1.57 bits per heavy atom. The largest absolute Gasteiger partial charge is 0.457 e. The Labute approximate surface area is 168 Å². The van der Waals surface area contributed by atoms with Crippen molar-refractivity contribution in [1.29, 1.82) is 0 Å². The Hall–Kier alpha value is -3.28. The Bertz CT molecular complexity index is 1050. The molecule has 5 nitrogen and oxygen atoms in total. The zero-order valence-corrected chi connectivity index (χ0v) is 15.7. The summed E-state index contributed by atoms with van der Waals surface area (Å²) in [5, 5.41) is 3.73. The summed E-state index contributed by atoms with van der Waals surface area (Å²) >= 11 is 6.00. The van der Waals surface area contributed by atoms with E-state index in [2.05, 4.69) is 10.3 Å². The van der Waals surface area contributed by atoms with Crippen LogP contribution in [0.15, 0.2) is 89.9 Å². The van der Waals surface area contributed by atoms with Gasteiger partial charge in [-0.3, -0.25) is 5.73 Å². The lowest BCUT2D eigenvalue weighted by Gasteiger charge is -2.29. The summed E-state index contributed by atoms with van der Waals surface area (Å²) in [7, 11) is 0. The van der Waals surface area contributed by atoms with E-state index < -0.39 is 5.66 Å². The lowest BCUT2D eigenvalue weighted by molar-refractivity contribution is 0.480. The zero-order chi connectivity index (χ0) is 19.6. The van der Waals surface area contributed by atoms with Gasteiger partial charge in [0.15, 0.2) is 11.6 Å². The molecule has 0 radical (unpaired) electrons. The van der Waals surface area contributed by atoms with Gasteiger partial charge in [-0.1, -0.05) is 54.1 Å². The summed E-state index contributed by atoms with van der Waals surface area (Å²) in [4.78, 5) is 4.40. The van der Waals surface area contributed by atoms with Crippen molar-refractivity contribution in [3.63, 3.8) is 0 Å². The maximum absolute atomic E-state index is 6.58. The predicted molar refractivity (Wildman–Crippen MR) is 113 cm³/mol. The molecule has 28 heavy (non-hydrogen) atoms. The molecule has 0 spiro atoms. The number of halogens is 1. The molecule has 1 atom stereocenters. The maximum Gasteiger partial charge on any atom is 0.195 e. The van der Waals surface area contributed by atoms with E-state index in [1.165, 1.54) is 0 Å². The summed E-state index contributed by atoms with van der Waals surface area (Å²) in [6.45, 7) is 0. The summed E-state index contributed by atoms with van der Waals surface area (Å²) in [5.74, 6) is 1.65. The molecule has 4 rings (SSSR count). The number of para-hydroxylation sites is 2. The highest BCUT2D eigenvalue weighted by molar-refractivity contribution is 6.30. The highest BCUT2D eigenvalue weighted by atomic mass is 35.5. The van der Waals surface area contributed by atoms with E-state index >= 15 is 0 Å². The number of nitrogens with one attached hydrogen (secondary N) is 1. The monoisotopic (exact) mass is 390 g/mol. The second kappa shape index (κ2) is 7.38. The van der Waals surface area contributed by atoms with E-state index in [-0.39, 0.29) is 5.96 Å². The van der Waals surface area contributed by atoms with Crippen molar-refractivity contribution in [2.75, 3.05) is 0 Å².